The smallest absolute Gasteiger partial charge is 0.309 e. The van der Waals surface area contributed by atoms with E-state index in [1.54, 1.807) is 12.3 Å². The molecule has 0 aliphatic heterocycles. The molecule has 4 aromatic rings. The van der Waals surface area contributed by atoms with E-state index in [1.807, 2.05) is 84.9 Å². The quantitative estimate of drug-likeness (QED) is 0.227. The standard InChI is InChI=1S/C28H26N2O5/c1-32-27(31)17-16-26(22-8-4-2-5-9-22)30-35-18-21-12-14-25(15-13-21)33-19-24-20-34-28(29-24)23-10-6-3-7-11-23/h2-16,20,30H,17-19H2,1H3. The number of hydrogen-bond donors (Lipinski definition) is 1. The largest absolute Gasteiger partial charge is 0.487 e. The van der Waals surface area contributed by atoms with Crippen LogP contribution in [0.5, 0.6) is 5.75 Å². The van der Waals surface area contributed by atoms with Gasteiger partial charge in [0.05, 0.1) is 25.8 Å². The van der Waals surface area contributed by atoms with Gasteiger partial charge in [0.25, 0.3) is 0 Å². The number of aromatic nitrogens is 1. The Morgan fingerprint density at radius 1 is 0.943 bits per heavy atom. The molecule has 4 rings (SSSR count). The summed E-state index contributed by atoms with van der Waals surface area (Å²) >= 11 is 0. The van der Waals surface area contributed by atoms with E-state index in [1.165, 1.54) is 7.11 Å². The van der Waals surface area contributed by atoms with Gasteiger partial charge in [0.15, 0.2) is 0 Å². The Morgan fingerprint density at radius 2 is 1.66 bits per heavy atom. The molecule has 7 nitrogen and oxygen atoms in total. The number of carbonyl (C=O) groups is 1. The predicted molar refractivity (Wildman–Crippen MR) is 132 cm³/mol. The van der Waals surface area contributed by atoms with E-state index in [-0.39, 0.29) is 12.4 Å². The summed E-state index contributed by atoms with van der Waals surface area (Å²) in [7, 11) is 1.36. The average Bonchev–Trinajstić information content (AvgIpc) is 3.40. The Kier molecular flexibility index (Phi) is 8.29. The number of carbonyl (C=O) groups excluding carboxylic acids is 1. The van der Waals surface area contributed by atoms with Gasteiger partial charge in [-0.3, -0.25) is 15.1 Å². The Labute approximate surface area is 203 Å². The molecule has 0 saturated heterocycles. The van der Waals surface area contributed by atoms with Gasteiger partial charge in [-0.05, 0) is 41.5 Å². The van der Waals surface area contributed by atoms with Crippen molar-refractivity contribution in [3.05, 3.63) is 114 Å². The van der Waals surface area contributed by atoms with Gasteiger partial charge in [-0.1, -0.05) is 60.7 Å². The van der Waals surface area contributed by atoms with Crippen LogP contribution in [-0.4, -0.2) is 18.1 Å². The Hall–Kier alpha value is -4.36. The summed E-state index contributed by atoms with van der Waals surface area (Å²) in [6, 6.07) is 27.0. The number of rotatable bonds is 11. The fourth-order valence-corrected chi connectivity index (χ4v) is 3.23. The topological polar surface area (TPSA) is 82.8 Å². The summed E-state index contributed by atoms with van der Waals surface area (Å²) in [6.45, 7) is 0.631. The molecule has 0 fully saturated rings. The fraction of sp³-hybridized carbons (Fsp3) is 0.143. The molecule has 0 aliphatic rings. The van der Waals surface area contributed by atoms with Crippen molar-refractivity contribution in [1.29, 1.82) is 0 Å². The maximum absolute atomic E-state index is 11.5. The van der Waals surface area contributed by atoms with Crippen LogP contribution in [0.1, 0.15) is 23.2 Å². The number of hydrogen-bond acceptors (Lipinski definition) is 7. The maximum atomic E-state index is 11.5. The van der Waals surface area contributed by atoms with Gasteiger partial charge in [0.2, 0.25) is 5.89 Å². The fourth-order valence-electron chi connectivity index (χ4n) is 3.23. The minimum Gasteiger partial charge on any atom is -0.487 e. The first-order valence-electron chi connectivity index (χ1n) is 11.1. The molecule has 0 amide bonds. The summed E-state index contributed by atoms with van der Waals surface area (Å²) in [5.74, 6) is 0.964. The van der Waals surface area contributed by atoms with Crippen molar-refractivity contribution in [1.82, 2.24) is 10.5 Å². The van der Waals surface area contributed by atoms with Crippen LogP contribution in [0.3, 0.4) is 0 Å². The molecule has 0 radical (unpaired) electrons. The number of ether oxygens (including phenoxy) is 2. The summed E-state index contributed by atoms with van der Waals surface area (Å²) in [5, 5.41) is 0. The molecule has 0 aliphatic carbocycles. The second kappa shape index (κ2) is 12.2. The van der Waals surface area contributed by atoms with Crippen molar-refractivity contribution in [2.75, 3.05) is 7.11 Å². The zero-order valence-corrected chi connectivity index (χ0v) is 19.3. The summed E-state index contributed by atoms with van der Waals surface area (Å²) < 4.78 is 16.1. The first-order valence-corrected chi connectivity index (χ1v) is 11.1. The lowest BCUT2D eigenvalue weighted by molar-refractivity contribution is -0.139. The molecule has 0 spiro atoms. The zero-order valence-electron chi connectivity index (χ0n) is 19.3. The van der Waals surface area contributed by atoms with Crippen molar-refractivity contribution >= 4 is 11.7 Å². The first kappa shape index (κ1) is 23.8. The molecule has 35 heavy (non-hydrogen) atoms. The van der Waals surface area contributed by atoms with E-state index in [2.05, 4.69) is 10.5 Å². The van der Waals surface area contributed by atoms with Crippen molar-refractivity contribution in [3.63, 3.8) is 0 Å². The Morgan fingerprint density at radius 3 is 2.37 bits per heavy atom. The van der Waals surface area contributed by atoms with Gasteiger partial charge >= 0.3 is 5.97 Å². The third-order valence-electron chi connectivity index (χ3n) is 5.09. The van der Waals surface area contributed by atoms with Gasteiger partial charge in [0, 0.05) is 5.56 Å². The van der Waals surface area contributed by atoms with E-state index >= 15 is 0 Å². The number of nitrogens with zero attached hydrogens (tertiary/aromatic N) is 1. The number of esters is 1. The maximum Gasteiger partial charge on any atom is 0.309 e. The van der Waals surface area contributed by atoms with Gasteiger partial charge in [-0.15, -0.1) is 0 Å². The third kappa shape index (κ3) is 7.06. The SMILES string of the molecule is COC(=O)CC=C(NOCc1ccc(OCc2coc(-c3ccccc3)n2)cc1)c1ccccc1. The number of methoxy groups -OCH3 is 1. The minimum atomic E-state index is -0.322. The van der Waals surface area contributed by atoms with Gasteiger partial charge < -0.3 is 13.9 Å². The summed E-state index contributed by atoms with van der Waals surface area (Å²) in [5.41, 5.74) is 7.14. The Bertz CT molecular complexity index is 1240. The van der Waals surface area contributed by atoms with Crippen LogP contribution < -0.4 is 10.2 Å². The molecule has 178 valence electrons. The van der Waals surface area contributed by atoms with Crippen LogP contribution in [0.15, 0.2) is 102 Å². The second-order valence-electron chi connectivity index (χ2n) is 7.60. The van der Waals surface area contributed by atoms with E-state index in [4.69, 9.17) is 18.7 Å². The van der Waals surface area contributed by atoms with Gasteiger partial charge in [0.1, 0.15) is 24.3 Å². The molecular weight excluding hydrogens is 444 g/mol. The third-order valence-corrected chi connectivity index (χ3v) is 5.09. The molecule has 1 N–H and O–H groups in total. The molecule has 7 heteroatoms. The second-order valence-corrected chi connectivity index (χ2v) is 7.60. The minimum absolute atomic E-state index is 0.140. The van der Waals surface area contributed by atoms with Crippen LogP contribution in [-0.2, 0) is 27.6 Å². The number of nitrogens with one attached hydrogen (secondary N) is 1. The molecule has 1 aromatic heterocycles. The van der Waals surface area contributed by atoms with Crippen LogP contribution >= 0.6 is 0 Å². The normalized spacial score (nSPS) is 11.2. The highest BCUT2D eigenvalue weighted by Crippen LogP contribution is 2.20. The van der Waals surface area contributed by atoms with Gasteiger partial charge in [-0.25, -0.2) is 4.98 Å². The van der Waals surface area contributed by atoms with E-state index in [0.717, 1.165) is 16.7 Å². The zero-order chi connectivity index (χ0) is 24.3. The molecule has 0 atom stereocenters. The van der Waals surface area contributed by atoms with Gasteiger partial charge in [-0.2, -0.15) is 0 Å². The molecule has 0 bridgehead atoms. The van der Waals surface area contributed by atoms with Crippen LogP contribution in [0, 0.1) is 0 Å². The number of oxazole rings is 1. The molecule has 0 saturated carbocycles. The van der Waals surface area contributed by atoms with Crippen molar-refractivity contribution < 1.29 is 23.5 Å². The van der Waals surface area contributed by atoms with Crippen LogP contribution in [0.4, 0.5) is 0 Å². The number of hydroxylamine groups is 1. The molecule has 1 heterocycles. The molecule has 0 unspecified atom stereocenters. The molecular formula is C28H26N2O5. The predicted octanol–water partition coefficient (Wildman–Crippen LogP) is 5.55. The van der Waals surface area contributed by atoms with E-state index in [0.29, 0.717) is 36.2 Å². The lowest BCUT2D eigenvalue weighted by Crippen LogP contribution is -2.14. The Balaban J connectivity index is 1.28. The first-order chi connectivity index (χ1) is 17.2. The van der Waals surface area contributed by atoms with Crippen molar-refractivity contribution in [2.45, 2.75) is 19.6 Å². The van der Waals surface area contributed by atoms with E-state index < -0.39 is 0 Å². The highest BCUT2D eigenvalue weighted by atomic mass is 16.6. The summed E-state index contributed by atoms with van der Waals surface area (Å²) in [4.78, 5) is 21.7. The molecule has 3 aromatic carbocycles. The average molecular weight is 471 g/mol. The lowest BCUT2D eigenvalue weighted by Gasteiger charge is -2.12. The van der Waals surface area contributed by atoms with E-state index in [9.17, 15) is 4.79 Å². The lowest BCUT2D eigenvalue weighted by atomic mass is 10.1. The van der Waals surface area contributed by atoms with Crippen molar-refractivity contribution in [3.8, 4) is 17.2 Å². The number of benzene rings is 3. The van der Waals surface area contributed by atoms with Crippen LogP contribution in [0.2, 0.25) is 0 Å². The van der Waals surface area contributed by atoms with Crippen molar-refractivity contribution in [2.24, 2.45) is 0 Å². The monoisotopic (exact) mass is 470 g/mol. The highest BCUT2D eigenvalue weighted by molar-refractivity contribution is 5.74. The van der Waals surface area contributed by atoms with Crippen LogP contribution in [0.25, 0.3) is 17.2 Å². The summed E-state index contributed by atoms with van der Waals surface area (Å²) in [6.07, 6.45) is 3.49. The highest BCUT2D eigenvalue weighted by Gasteiger charge is 2.08.